The molecular formula is C14H18O5S. The van der Waals surface area contributed by atoms with Crippen molar-refractivity contribution in [1.82, 2.24) is 0 Å². The van der Waals surface area contributed by atoms with Crippen LogP contribution >= 0.6 is 0 Å². The number of sulfone groups is 1. The summed E-state index contributed by atoms with van der Waals surface area (Å²) in [5.74, 6) is -1.29. The van der Waals surface area contributed by atoms with E-state index in [1.807, 2.05) is 6.07 Å². The van der Waals surface area contributed by atoms with Gasteiger partial charge in [0, 0.05) is 26.1 Å². The molecule has 6 heteroatoms. The van der Waals surface area contributed by atoms with Gasteiger partial charge in [-0.3, -0.25) is 4.79 Å². The summed E-state index contributed by atoms with van der Waals surface area (Å²) in [6.45, 7) is 3.77. The first kappa shape index (κ1) is 15.0. The van der Waals surface area contributed by atoms with E-state index in [0.717, 1.165) is 5.56 Å². The van der Waals surface area contributed by atoms with Gasteiger partial charge >= 0.3 is 5.97 Å². The second-order valence-corrected chi connectivity index (χ2v) is 7.41. The summed E-state index contributed by atoms with van der Waals surface area (Å²) >= 11 is 0. The minimum Gasteiger partial charge on any atom is -0.480 e. The maximum absolute atomic E-state index is 12.9. The number of carboxylic acid groups (broad SMARTS) is 1. The van der Waals surface area contributed by atoms with E-state index in [9.17, 15) is 18.3 Å². The largest absolute Gasteiger partial charge is 0.480 e. The van der Waals surface area contributed by atoms with Crippen LogP contribution < -0.4 is 0 Å². The fourth-order valence-electron chi connectivity index (χ4n) is 2.51. The Morgan fingerprint density at radius 2 is 1.85 bits per heavy atom. The van der Waals surface area contributed by atoms with Crippen LogP contribution in [0, 0.1) is 13.8 Å². The molecule has 1 fully saturated rings. The first-order valence-corrected chi connectivity index (χ1v) is 7.92. The van der Waals surface area contributed by atoms with Crippen molar-refractivity contribution in [1.29, 1.82) is 0 Å². The number of rotatable bonds is 3. The van der Waals surface area contributed by atoms with E-state index < -0.39 is 20.6 Å². The molecule has 0 bridgehead atoms. The van der Waals surface area contributed by atoms with Gasteiger partial charge in [-0.2, -0.15) is 0 Å². The third kappa shape index (κ3) is 2.23. The Hall–Kier alpha value is -1.40. The van der Waals surface area contributed by atoms with E-state index in [1.54, 1.807) is 26.0 Å². The van der Waals surface area contributed by atoms with Crippen LogP contribution in [-0.4, -0.2) is 37.5 Å². The van der Waals surface area contributed by atoms with Gasteiger partial charge in [-0.05, 0) is 31.0 Å². The maximum atomic E-state index is 12.9. The first-order valence-electron chi connectivity index (χ1n) is 6.44. The molecule has 2 rings (SSSR count). The Morgan fingerprint density at radius 3 is 2.40 bits per heavy atom. The lowest BCUT2D eigenvalue weighted by Gasteiger charge is -2.33. The van der Waals surface area contributed by atoms with Crippen LogP contribution in [0.15, 0.2) is 23.1 Å². The predicted molar refractivity (Wildman–Crippen MR) is 73.5 cm³/mol. The van der Waals surface area contributed by atoms with Crippen molar-refractivity contribution >= 4 is 15.8 Å². The van der Waals surface area contributed by atoms with Crippen LogP contribution in [0.2, 0.25) is 0 Å². The van der Waals surface area contributed by atoms with Gasteiger partial charge in [0.25, 0.3) is 0 Å². The third-order valence-electron chi connectivity index (χ3n) is 3.84. The molecule has 5 nitrogen and oxygen atoms in total. The highest BCUT2D eigenvalue weighted by Gasteiger charge is 2.52. The van der Waals surface area contributed by atoms with Crippen molar-refractivity contribution in [2.24, 2.45) is 0 Å². The fraction of sp³-hybridized carbons (Fsp3) is 0.500. The minimum absolute atomic E-state index is 0.0158. The summed E-state index contributed by atoms with van der Waals surface area (Å²) in [7, 11) is -3.96. The average molecular weight is 298 g/mol. The van der Waals surface area contributed by atoms with Gasteiger partial charge in [-0.1, -0.05) is 12.1 Å². The first-order chi connectivity index (χ1) is 9.31. The Labute approximate surface area is 118 Å². The molecule has 1 aromatic rings. The average Bonchev–Trinajstić information content (AvgIpc) is 2.41. The number of carboxylic acids is 1. The van der Waals surface area contributed by atoms with Crippen LogP contribution in [0.3, 0.4) is 0 Å². The van der Waals surface area contributed by atoms with E-state index in [0.29, 0.717) is 5.56 Å². The molecule has 0 aliphatic carbocycles. The van der Waals surface area contributed by atoms with Crippen LogP contribution in [0.4, 0.5) is 0 Å². The molecule has 20 heavy (non-hydrogen) atoms. The lowest BCUT2D eigenvalue weighted by Crippen LogP contribution is -2.50. The molecule has 0 saturated carbocycles. The predicted octanol–water partition coefficient (Wildman–Crippen LogP) is 1.71. The van der Waals surface area contributed by atoms with Gasteiger partial charge in [0.2, 0.25) is 0 Å². The van der Waals surface area contributed by atoms with E-state index in [1.165, 1.54) is 0 Å². The Kier molecular flexibility index (Phi) is 3.88. The van der Waals surface area contributed by atoms with Crippen molar-refractivity contribution in [2.45, 2.75) is 36.3 Å². The number of hydrogen-bond donors (Lipinski definition) is 1. The lowest BCUT2D eigenvalue weighted by atomic mass is 9.99. The Morgan fingerprint density at radius 1 is 1.25 bits per heavy atom. The smallest absolute Gasteiger partial charge is 0.325 e. The molecule has 0 spiro atoms. The summed E-state index contributed by atoms with van der Waals surface area (Å²) in [5, 5.41) is 9.51. The summed E-state index contributed by atoms with van der Waals surface area (Å²) < 4.78 is 29.1. The van der Waals surface area contributed by atoms with Crippen molar-refractivity contribution in [3.05, 3.63) is 29.3 Å². The maximum Gasteiger partial charge on any atom is 0.325 e. The monoisotopic (exact) mass is 298 g/mol. The number of carbonyl (C=O) groups is 1. The summed E-state index contributed by atoms with van der Waals surface area (Å²) in [5.41, 5.74) is 1.37. The number of aryl methyl sites for hydroxylation is 2. The zero-order chi connectivity index (χ0) is 15.0. The van der Waals surface area contributed by atoms with Gasteiger partial charge in [-0.15, -0.1) is 0 Å². The number of benzene rings is 1. The number of ether oxygens (including phenoxy) is 1. The molecule has 0 atom stereocenters. The molecule has 0 amide bonds. The standard InChI is InChI=1S/C14H18O5S/c1-10-3-4-11(2)12(9-10)20(17,18)14(13(15)16)5-7-19-8-6-14/h3-4,9H,5-8H2,1-2H3,(H,15,16). The summed E-state index contributed by atoms with van der Waals surface area (Å²) in [4.78, 5) is 11.8. The number of hydrogen-bond acceptors (Lipinski definition) is 4. The van der Waals surface area contributed by atoms with Crippen molar-refractivity contribution in [3.63, 3.8) is 0 Å². The summed E-state index contributed by atoms with van der Waals surface area (Å²) in [6, 6.07) is 5.06. The minimum atomic E-state index is -3.96. The molecular weight excluding hydrogens is 280 g/mol. The molecule has 0 radical (unpaired) electrons. The molecule has 0 aromatic heterocycles. The van der Waals surface area contributed by atoms with Crippen molar-refractivity contribution in [2.75, 3.05) is 13.2 Å². The molecule has 1 aliphatic heterocycles. The van der Waals surface area contributed by atoms with Crippen LogP contribution in [0.5, 0.6) is 0 Å². The highest BCUT2D eigenvalue weighted by molar-refractivity contribution is 7.93. The molecule has 1 N–H and O–H groups in total. The van der Waals surface area contributed by atoms with E-state index in [4.69, 9.17) is 4.74 Å². The molecule has 1 aromatic carbocycles. The highest BCUT2D eigenvalue weighted by atomic mass is 32.2. The molecule has 0 unspecified atom stereocenters. The SMILES string of the molecule is Cc1ccc(C)c(S(=O)(=O)C2(C(=O)O)CCOCC2)c1. The Balaban J connectivity index is 2.62. The van der Waals surface area contributed by atoms with Gasteiger partial charge < -0.3 is 9.84 Å². The van der Waals surface area contributed by atoms with E-state index in [-0.39, 0.29) is 31.0 Å². The second-order valence-electron chi connectivity index (χ2n) is 5.18. The van der Waals surface area contributed by atoms with Crippen LogP contribution in [0.25, 0.3) is 0 Å². The van der Waals surface area contributed by atoms with E-state index in [2.05, 4.69) is 0 Å². The van der Waals surface area contributed by atoms with Crippen molar-refractivity contribution in [3.8, 4) is 0 Å². The fourth-order valence-corrected chi connectivity index (χ4v) is 4.69. The van der Waals surface area contributed by atoms with Crippen LogP contribution in [-0.2, 0) is 19.4 Å². The Bertz CT molecular complexity index is 627. The number of aliphatic carboxylic acids is 1. The lowest BCUT2D eigenvalue weighted by molar-refractivity contribution is -0.142. The normalized spacial score (nSPS) is 18.7. The van der Waals surface area contributed by atoms with Crippen LogP contribution in [0.1, 0.15) is 24.0 Å². The second kappa shape index (κ2) is 5.18. The highest BCUT2D eigenvalue weighted by Crippen LogP contribution is 2.36. The summed E-state index contributed by atoms with van der Waals surface area (Å²) in [6.07, 6.45) is -0.0316. The zero-order valence-electron chi connectivity index (χ0n) is 11.5. The van der Waals surface area contributed by atoms with Gasteiger partial charge in [0.05, 0.1) is 4.90 Å². The van der Waals surface area contributed by atoms with Gasteiger partial charge in [0.1, 0.15) is 0 Å². The van der Waals surface area contributed by atoms with Gasteiger partial charge in [-0.25, -0.2) is 8.42 Å². The van der Waals surface area contributed by atoms with E-state index >= 15 is 0 Å². The third-order valence-corrected chi connectivity index (χ3v) is 6.47. The quantitative estimate of drug-likeness (QED) is 0.919. The zero-order valence-corrected chi connectivity index (χ0v) is 12.4. The molecule has 1 aliphatic rings. The van der Waals surface area contributed by atoms with Gasteiger partial charge in [0.15, 0.2) is 14.6 Å². The molecule has 110 valence electrons. The molecule has 1 saturated heterocycles. The molecule has 1 heterocycles. The topological polar surface area (TPSA) is 80.7 Å². The van der Waals surface area contributed by atoms with Crippen molar-refractivity contribution < 1.29 is 23.1 Å².